The van der Waals surface area contributed by atoms with E-state index in [0.717, 1.165) is 0 Å². The normalized spacial score (nSPS) is 9.60. The van der Waals surface area contributed by atoms with Crippen molar-refractivity contribution in [2.75, 3.05) is 59.8 Å². The highest BCUT2D eigenvalue weighted by Crippen LogP contribution is 1.80. The molecule has 6 nitrogen and oxygen atoms in total. The molecule has 0 aromatic heterocycles. The van der Waals surface area contributed by atoms with Crippen molar-refractivity contribution in [3.8, 4) is 0 Å². The Hall–Kier alpha value is -0.240. The van der Waals surface area contributed by atoms with Gasteiger partial charge >= 0.3 is 0 Å². The van der Waals surface area contributed by atoms with Crippen molar-refractivity contribution >= 4 is 0 Å². The molecule has 0 fully saturated rings. The fraction of sp³-hybridized carbons (Fsp3) is 1.00. The highest BCUT2D eigenvalue weighted by molar-refractivity contribution is 4.34. The Labute approximate surface area is 91.5 Å². The quantitative estimate of drug-likeness (QED) is 0.368. The van der Waals surface area contributed by atoms with Gasteiger partial charge in [0.2, 0.25) is 0 Å². The Morgan fingerprint density at radius 2 is 1.27 bits per heavy atom. The first kappa shape index (κ1) is 17.2. The van der Waals surface area contributed by atoms with Gasteiger partial charge in [-0.25, -0.2) is 0 Å². The summed E-state index contributed by atoms with van der Waals surface area (Å²) in [6.45, 7) is 3.71. The van der Waals surface area contributed by atoms with Crippen molar-refractivity contribution in [1.82, 2.24) is 0 Å². The molecule has 0 aliphatic heterocycles. The molecule has 0 aliphatic rings. The molecule has 0 heterocycles. The summed E-state index contributed by atoms with van der Waals surface area (Å²) in [5.41, 5.74) is 8.46. The van der Waals surface area contributed by atoms with E-state index in [1.54, 1.807) is 7.05 Å². The second kappa shape index (κ2) is 19.4. The van der Waals surface area contributed by atoms with E-state index in [-0.39, 0.29) is 6.61 Å². The van der Waals surface area contributed by atoms with Gasteiger partial charge in [0.1, 0.15) is 0 Å². The maximum atomic E-state index is 8.37. The molecule has 0 amide bonds. The van der Waals surface area contributed by atoms with Crippen molar-refractivity contribution in [1.29, 1.82) is 0 Å². The van der Waals surface area contributed by atoms with Crippen LogP contribution in [0.3, 0.4) is 0 Å². The largest absolute Gasteiger partial charge is 0.394 e. The van der Waals surface area contributed by atoms with E-state index in [0.29, 0.717) is 46.2 Å². The number of rotatable bonds is 10. The number of quaternary nitrogens is 1. The lowest BCUT2D eigenvalue weighted by atomic mass is 10.7. The van der Waals surface area contributed by atoms with E-state index < -0.39 is 0 Å². The fourth-order valence-corrected chi connectivity index (χ4v) is 0.690. The molecule has 0 bridgehead atoms. The van der Waals surface area contributed by atoms with Gasteiger partial charge in [-0.2, -0.15) is 0 Å². The van der Waals surface area contributed by atoms with E-state index in [4.69, 9.17) is 25.1 Å². The molecule has 0 radical (unpaired) electrons. The molecule has 0 aromatic rings. The Morgan fingerprint density at radius 1 is 0.867 bits per heavy atom. The number of hydrogen-bond donors (Lipinski definition) is 3. The standard InChI is InChI=1S/C8H19NO4.CH5N/c9-1-3-11-5-7-13-8-6-12-4-2-10;1-2/h10H,1-9H2;2H2,1H3/p+1. The monoisotopic (exact) mass is 225 g/mol. The molecule has 6 N–H and O–H groups in total. The van der Waals surface area contributed by atoms with Gasteiger partial charge in [0, 0.05) is 6.54 Å². The van der Waals surface area contributed by atoms with Gasteiger partial charge in [-0.05, 0) is 0 Å². The molecule has 6 heteroatoms. The zero-order chi connectivity index (χ0) is 11.8. The highest BCUT2D eigenvalue weighted by Gasteiger charge is 1.89. The minimum atomic E-state index is 0.0552. The molecular formula is C9H25N2O4+. The van der Waals surface area contributed by atoms with Crippen molar-refractivity contribution in [3.63, 3.8) is 0 Å². The molecule has 0 rings (SSSR count). The van der Waals surface area contributed by atoms with Gasteiger partial charge < -0.3 is 30.8 Å². The molecule has 0 spiro atoms. The van der Waals surface area contributed by atoms with Crippen molar-refractivity contribution in [3.05, 3.63) is 0 Å². The first-order valence-corrected chi connectivity index (χ1v) is 5.16. The van der Waals surface area contributed by atoms with Crippen LogP contribution < -0.4 is 11.5 Å². The summed E-state index contributed by atoms with van der Waals surface area (Å²) in [6, 6.07) is 0. The minimum Gasteiger partial charge on any atom is -0.394 e. The van der Waals surface area contributed by atoms with Crippen LogP contribution in [-0.2, 0) is 14.2 Å². The smallest absolute Gasteiger partial charge is 0.0701 e. The van der Waals surface area contributed by atoms with E-state index in [2.05, 4.69) is 5.73 Å². The maximum absolute atomic E-state index is 8.37. The summed E-state index contributed by atoms with van der Waals surface area (Å²) < 4.78 is 15.2. The summed E-state index contributed by atoms with van der Waals surface area (Å²) >= 11 is 0. The third kappa shape index (κ3) is 20.0. The van der Waals surface area contributed by atoms with Crippen LogP contribution in [0.2, 0.25) is 0 Å². The lowest BCUT2D eigenvalue weighted by molar-refractivity contribution is -0.325. The second-order valence-electron chi connectivity index (χ2n) is 2.35. The van der Waals surface area contributed by atoms with Gasteiger partial charge in [0.15, 0.2) is 0 Å². The highest BCUT2D eigenvalue weighted by atomic mass is 16.5. The van der Waals surface area contributed by atoms with E-state index >= 15 is 0 Å². The van der Waals surface area contributed by atoms with E-state index in [1.165, 1.54) is 0 Å². The molecule has 15 heavy (non-hydrogen) atoms. The van der Waals surface area contributed by atoms with Crippen LogP contribution in [-0.4, -0.2) is 64.9 Å². The number of hydrogen-bond acceptors (Lipinski definition) is 5. The van der Waals surface area contributed by atoms with Crippen LogP contribution in [0.1, 0.15) is 0 Å². The summed E-state index contributed by atoms with van der Waals surface area (Å²) in [6.07, 6.45) is 0. The summed E-state index contributed by atoms with van der Waals surface area (Å²) in [7, 11) is 1.75. The average Bonchev–Trinajstić information content (AvgIpc) is 2.30. The molecule has 0 saturated carbocycles. The molecular weight excluding hydrogens is 200 g/mol. The molecule has 0 atom stereocenters. The molecule has 0 saturated heterocycles. The number of aliphatic hydroxyl groups is 1. The third-order valence-electron chi connectivity index (χ3n) is 1.24. The van der Waals surface area contributed by atoms with Crippen LogP contribution in [0.5, 0.6) is 0 Å². The molecule has 0 aliphatic carbocycles. The maximum Gasteiger partial charge on any atom is 0.0701 e. The first-order chi connectivity index (χ1) is 7.41. The van der Waals surface area contributed by atoms with Crippen LogP contribution in [0, 0.1) is 0 Å². The van der Waals surface area contributed by atoms with Crippen LogP contribution in [0.25, 0.3) is 0 Å². The Kier molecular flexibility index (Phi) is 22.1. The fourth-order valence-electron chi connectivity index (χ4n) is 0.690. The van der Waals surface area contributed by atoms with E-state index in [1.807, 2.05) is 0 Å². The SMILES string of the molecule is C[NH3+].NCCOCCOCCOCCO. The predicted molar refractivity (Wildman–Crippen MR) is 57.4 cm³/mol. The molecule has 94 valence electrons. The van der Waals surface area contributed by atoms with Crippen molar-refractivity contribution < 1.29 is 25.1 Å². The summed E-state index contributed by atoms with van der Waals surface area (Å²) in [5, 5.41) is 8.37. The van der Waals surface area contributed by atoms with Gasteiger partial charge in [0.05, 0.1) is 53.3 Å². The number of nitrogens with two attached hydrogens (primary N) is 1. The Bertz CT molecular complexity index is 86.2. The zero-order valence-corrected chi connectivity index (χ0v) is 9.61. The van der Waals surface area contributed by atoms with Gasteiger partial charge in [-0.3, -0.25) is 0 Å². The van der Waals surface area contributed by atoms with Crippen molar-refractivity contribution in [2.45, 2.75) is 0 Å². The van der Waals surface area contributed by atoms with Gasteiger partial charge in [-0.15, -0.1) is 0 Å². The lowest BCUT2D eigenvalue weighted by Gasteiger charge is -2.04. The van der Waals surface area contributed by atoms with Gasteiger partial charge in [0.25, 0.3) is 0 Å². The third-order valence-corrected chi connectivity index (χ3v) is 1.24. The van der Waals surface area contributed by atoms with E-state index in [9.17, 15) is 0 Å². The zero-order valence-electron chi connectivity index (χ0n) is 9.61. The Balaban J connectivity index is 0. The van der Waals surface area contributed by atoms with Crippen LogP contribution in [0.15, 0.2) is 0 Å². The molecule has 0 aromatic carbocycles. The second-order valence-corrected chi connectivity index (χ2v) is 2.35. The lowest BCUT2D eigenvalue weighted by Crippen LogP contribution is -2.40. The first-order valence-electron chi connectivity index (χ1n) is 5.16. The van der Waals surface area contributed by atoms with Crippen LogP contribution in [0.4, 0.5) is 0 Å². The minimum absolute atomic E-state index is 0.0552. The summed E-state index contributed by atoms with van der Waals surface area (Å²) in [5.74, 6) is 0. The number of aliphatic hydroxyl groups excluding tert-OH is 1. The van der Waals surface area contributed by atoms with Crippen molar-refractivity contribution in [2.24, 2.45) is 5.73 Å². The topological polar surface area (TPSA) is 102 Å². The van der Waals surface area contributed by atoms with Crippen LogP contribution >= 0.6 is 0 Å². The average molecular weight is 225 g/mol. The summed E-state index contributed by atoms with van der Waals surface area (Å²) in [4.78, 5) is 0. The van der Waals surface area contributed by atoms with Gasteiger partial charge in [-0.1, -0.05) is 0 Å². The number of ether oxygens (including phenoxy) is 3. The predicted octanol–water partition coefficient (Wildman–Crippen LogP) is -2.15. The molecule has 0 unspecified atom stereocenters. The Morgan fingerprint density at radius 3 is 1.67 bits per heavy atom.